The molecule has 50 valence electrons. The summed E-state index contributed by atoms with van der Waals surface area (Å²) >= 11 is 0. The number of hydrogen-bond acceptors (Lipinski definition) is 2. The summed E-state index contributed by atoms with van der Waals surface area (Å²) in [5.74, 6) is 0. The quantitative estimate of drug-likeness (QED) is 0.532. The molecule has 0 aromatic carbocycles. The molecule has 0 spiro atoms. The highest BCUT2D eigenvalue weighted by atomic mass is 19.0. The fraction of sp³-hybridized carbons (Fsp3) is 1.00. The molecular weight excluding hydrogens is 102 g/mol. The van der Waals surface area contributed by atoms with E-state index in [2.05, 4.69) is 6.92 Å². The van der Waals surface area contributed by atoms with Crippen LogP contribution in [0.15, 0.2) is 0 Å². The van der Waals surface area contributed by atoms with Crippen molar-refractivity contribution in [1.29, 1.82) is 0 Å². The maximum absolute atomic E-state index is 5.03. The third-order valence-corrected chi connectivity index (χ3v) is 0.289. The molecule has 5 N–H and O–H groups in total. The van der Waals surface area contributed by atoms with Crippen molar-refractivity contribution in [3.8, 4) is 0 Å². The lowest BCUT2D eigenvalue weighted by molar-refractivity contribution is 0.932. The zero-order chi connectivity index (χ0) is 3.41. The van der Waals surface area contributed by atoms with E-state index in [9.17, 15) is 0 Å². The predicted molar refractivity (Wildman–Crippen MR) is 29.4 cm³/mol. The highest BCUT2D eigenvalue weighted by molar-refractivity contribution is 4.19. The van der Waals surface area contributed by atoms with E-state index in [0.717, 1.165) is 13.0 Å². The Bertz CT molecular complexity index is 12.9. The van der Waals surface area contributed by atoms with Gasteiger partial charge in [-0.1, -0.05) is 6.92 Å². The van der Waals surface area contributed by atoms with Gasteiger partial charge in [0.25, 0.3) is 0 Å². The minimum absolute atomic E-state index is 0. The van der Waals surface area contributed by atoms with E-state index in [-0.39, 0.29) is 15.6 Å². The summed E-state index contributed by atoms with van der Waals surface area (Å²) in [4.78, 5) is 0. The molecule has 0 aromatic rings. The SMILES string of the molecule is CCCN.F.F.N. The molecule has 0 saturated carbocycles. The van der Waals surface area contributed by atoms with Crippen molar-refractivity contribution in [3.05, 3.63) is 0 Å². The molecule has 7 heavy (non-hydrogen) atoms. The molecule has 0 rings (SSSR count). The van der Waals surface area contributed by atoms with Gasteiger partial charge in [-0.15, -0.1) is 0 Å². The smallest absolute Gasteiger partial charge is 0.00799 e. The molecule has 0 aliphatic carbocycles. The van der Waals surface area contributed by atoms with Crippen LogP contribution in [-0.4, -0.2) is 6.54 Å². The fourth-order valence-corrected chi connectivity index (χ4v) is 0. The standard InChI is InChI=1S/C3H9N.2FH.H3N/c1-2-3-4;;;/h2-4H2,1H3;2*1H;1H3. The van der Waals surface area contributed by atoms with E-state index in [1.165, 1.54) is 0 Å². The zero-order valence-electron chi connectivity index (χ0n) is 4.52. The summed E-state index contributed by atoms with van der Waals surface area (Å²) in [6.07, 6.45) is 1.10. The van der Waals surface area contributed by atoms with Crippen LogP contribution in [-0.2, 0) is 0 Å². The van der Waals surface area contributed by atoms with E-state index in [0.29, 0.717) is 0 Å². The van der Waals surface area contributed by atoms with Crippen molar-refractivity contribution in [1.82, 2.24) is 6.15 Å². The van der Waals surface area contributed by atoms with Crippen LogP contribution < -0.4 is 11.9 Å². The lowest BCUT2D eigenvalue weighted by atomic mass is 10.5. The molecule has 2 nitrogen and oxygen atoms in total. The normalized spacial score (nSPS) is 4.29. The summed E-state index contributed by atoms with van der Waals surface area (Å²) in [6.45, 7) is 2.88. The van der Waals surface area contributed by atoms with Crippen LogP contribution in [0.4, 0.5) is 9.41 Å². The minimum Gasteiger partial charge on any atom is -0.344 e. The molecule has 0 bridgehead atoms. The second kappa shape index (κ2) is 41.7. The lowest BCUT2D eigenvalue weighted by Crippen LogP contribution is -1.93. The fourth-order valence-electron chi connectivity index (χ4n) is 0. The second-order valence-corrected chi connectivity index (χ2v) is 0.789. The Kier molecular flexibility index (Phi) is 175. The first-order valence-corrected chi connectivity index (χ1v) is 1.62. The van der Waals surface area contributed by atoms with Gasteiger partial charge in [-0.2, -0.15) is 0 Å². The zero-order valence-corrected chi connectivity index (χ0v) is 4.52. The van der Waals surface area contributed by atoms with Gasteiger partial charge in [-0.25, -0.2) is 0 Å². The Labute approximate surface area is 42.4 Å². The number of nitrogens with two attached hydrogens (primary N) is 1. The van der Waals surface area contributed by atoms with Gasteiger partial charge in [-0.05, 0) is 13.0 Å². The van der Waals surface area contributed by atoms with E-state index in [1.54, 1.807) is 0 Å². The van der Waals surface area contributed by atoms with Crippen LogP contribution in [0.3, 0.4) is 0 Å². The summed E-state index contributed by atoms with van der Waals surface area (Å²) in [5, 5.41) is 0. The van der Waals surface area contributed by atoms with Crippen LogP contribution in [0, 0.1) is 0 Å². The molecule has 0 unspecified atom stereocenters. The molecule has 0 atom stereocenters. The Balaban J connectivity index is -0.0000000150. The van der Waals surface area contributed by atoms with Crippen molar-refractivity contribution >= 4 is 0 Å². The molecule has 0 saturated heterocycles. The second-order valence-electron chi connectivity index (χ2n) is 0.789. The Morgan fingerprint density at radius 2 is 1.43 bits per heavy atom. The third-order valence-electron chi connectivity index (χ3n) is 0.289. The number of hydrogen-bond donors (Lipinski definition) is 2. The Morgan fingerprint density at radius 1 is 1.29 bits per heavy atom. The van der Waals surface area contributed by atoms with E-state index in [4.69, 9.17) is 5.73 Å². The lowest BCUT2D eigenvalue weighted by Gasteiger charge is -1.70. The maximum Gasteiger partial charge on any atom is -0.00799 e. The first-order valence-electron chi connectivity index (χ1n) is 1.62. The molecule has 0 aliphatic heterocycles. The first kappa shape index (κ1) is 29.3. The summed E-state index contributed by atoms with van der Waals surface area (Å²) in [5.41, 5.74) is 5.03. The minimum atomic E-state index is 0. The van der Waals surface area contributed by atoms with Crippen molar-refractivity contribution in [3.63, 3.8) is 0 Å². The molecule has 0 radical (unpaired) electrons. The van der Waals surface area contributed by atoms with Crippen LogP contribution in [0.1, 0.15) is 13.3 Å². The predicted octanol–water partition coefficient (Wildman–Crippen LogP) is 0.822. The molecule has 4 heteroatoms. The average molecular weight is 116 g/mol. The Hall–Kier alpha value is -0.220. The van der Waals surface area contributed by atoms with Crippen LogP contribution in [0.25, 0.3) is 0 Å². The van der Waals surface area contributed by atoms with Crippen molar-refractivity contribution in [2.24, 2.45) is 5.73 Å². The summed E-state index contributed by atoms with van der Waals surface area (Å²) in [7, 11) is 0. The van der Waals surface area contributed by atoms with E-state index >= 15 is 0 Å². The molecule has 0 aromatic heterocycles. The summed E-state index contributed by atoms with van der Waals surface area (Å²) in [6, 6.07) is 0. The van der Waals surface area contributed by atoms with Gasteiger partial charge in [0.2, 0.25) is 0 Å². The summed E-state index contributed by atoms with van der Waals surface area (Å²) < 4.78 is 0. The molecule has 0 heterocycles. The average Bonchev–Trinajstić information content (AvgIpc) is 1.37. The third kappa shape index (κ3) is 136. The van der Waals surface area contributed by atoms with Gasteiger partial charge in [0, 0.05) is 0 Å². The highest BCUT2D eigenvalue weighted by Crippen LogP contribution is 1.57. The highest BCUT2D eigenvalue weighted by Gasteiger charge is 1.55. The topological polar surface area (TPSA) is 61.0 Å². The van der Waals surface area contributed by atoms with Crippen molar-refractivity contribution < 1.29 is 9.41 Å². The molecule has 0 aliphatic rings. The van der Waals surface area contributed by atoms with Crippen molar-refractivity contribution in [2.75, 3.05) is 6.54 Å². The number of rotatable bonds is 1. The Morgan fingerprint density at radius 3 is 1.43 bits per heavy atom. The van der Waals surface area contributed by atoms with Gasteiger partial charge in [0.1, 0.15) is 0 Å². The van der Waals surface area contributed by atoms with Crippen LogP contribution in [0.2, 0.25) is 0 Å². The first-order chi connectivity index (χ1) is 1.91. The largest absolute Gasteiger partial charge is 0.344 e. The maximum atomic E-state index is 5.03. The monoisotopic (exact) mass is 116 g/mol. The van der Waals surface area contributed by atoms with Crippen LogP contribution >= 0.6 is 0 Å². The molecule has 0 fully saturated rings. The molecular formula is C3H14F2N2. The van der Waals surface area contributed by atoms with E-state index in [1.807, 2.05) is 0 Å². The molecule has 0 amide bonds. The van der Waals surface area contributed by atoms with E-state index < -0.39 is 0 Å². The van der Waals surface area contributed by atoms with Gasteiger partial charge in [0.15, 0.2) is 0 Å². The van der Waals surface area contributed by atoms with Crippen LogP contribution in [0.5, 0.6) is 0 Å². The van der Waals surface area contributed by atoms with Gasteiger partial charge >= 0.3 is 0 Å². The van der Waals surface area contributed by atoms with Gasteiger partial charge in [-0.3, -0.25) is 9.41 Å². The van der Waals surface area contributed by atoms with Gasteiger partial charge < -0.3 is 11.9 Å². The van der Waals surface area contributed by atoms with Gasteiger partial charge in [0.05, 0.1) is 0 Å². The van der Waals surface area contributed by atoms with Crippen molar-refractivity contribution in [2.45, 2.75) is 13.3 Å². The number of halogens is 2.